The Morgan fingerprint density at radius 2 is 1.91 bits per heavy atom. The van der Waals surface area contributed by atoms with E-state index in [1.807, 2.05) is 0 Å². The zero-order valence-electron chi connectivity index (χ0n) is 13.5. The van der Waals surface area contributed by atoms with E-state index in [1.165, 1.54) is 22.3 Å². The van der Waals surface area contributed by atoms with Gasteiger partial charge in [0.15, 0.2) is 0 Å². The molecule has 0 amide bonds. The Bertz CT molecular complexity index is 690. The maximum Gasteiger partial charge on any atom is 0.130 e. The van der Waals surface area contributed by atoms with Crippen LogP contribution in [-0.4, -0.2) is 30.6 Å². The van der Waals surface area contributed by atoms with E-state index in [0.29, 0.717) is 6.04 Å². The zero-order valence-corrected chi connectivity index (χ0v) is 13.5. The third kappa shape index (κ3) is 3.12. The molecular formula is C20H24N2O. The molecule has 23 heavy (non-hydrogen) atoms. The number of rotatable bonds is 3. The fourth-order valence-electron chi connectivity index (χ4n) is 3.65. The Hall–Kier alpha value is -1.84. The lowest BCUT2D eigenvalue weighted by Crippen LogP contribution is -2.39. The molecule has 2 aliphatic rings. The third-order valence-corrected chi connectivity index (χ3v) is 4.99. The average Bonchev–Trinajstić information content (AvgIpc) is 3.06. The number of para-hydroxylation sites is 1. The summed E-state index contributed by atoms with van der Waals surface area (Å²) in [5.74, 6) is 1.08. The van der Waals surface area contributed by atoms with Crippen molar-refractivity contribution in [2.24, 2.45) is 5.73 Å². The van der Waals surface area contributed by atoms with Gasteiger partial charge in [-0.3, -0.25) is 4.90 Å². The molecule has 2 aliphatic heterocycles. The highest BCUT2D eigenvalue weighted by Gasteiger charge is 2.18. The quantitative estimate of drug-likeness (QED) is 0.946. The van der Waals surface area contributed by atoms with E-state index >= 15 is 0 Å². The van der Waals surface area contributed by atoms with Crippen LogP contribution in [0, 0.1) is 0 Å². The smallest absolute Gasteiger partial charge is 0.130 e. The molecule has 0 atom stereocenters. The van der Waals surface area contributed by atoms with Gasteiger partial charge in [0.05, 0.1) is 6.61 Å². The molecule has 0 aromatic heterocycles. The maximum atomic E-state index is 6.00. The van der Waals surface area contributed by atoms with Gasteiger partial charge in [0, 0.05) is 24.6 Å². The van der Waals surface area contributed by atoms with E-state index in [9.17, 15) is 0 Å². The molecule has 0 unspecified atom stereocenters. The Morgan fingerprint density at radius 3 is 2.78 bits per heavy atom. The van der Waals surface area contributed by atoms with Crippen molar-refractivity contribution in [1.82, 2.24) is 4.90 Å². The highest BCUT2D eigenvalue weighted by Crippen LogP contribution is 2.37. The number of ether oxygens (including phenoxy) is 1. The largest absolute Gasteiger partial charge is 0.492 e. The molecule has 2 aromatic rings. The molecule has 3 nitrogen and oxygen atoms in total. The molecule has 120 valence electrons. The van der Waals surface area contributed by atoms with Crippen molar-refractivity contribution >= 4 is 0 Å². The summed E-state index contributed by atoms with van der Waals surface area (Å²) >= 11 is 0. The number of nitrogens with zero attached hydrogens (tertiary/aromatic N) is 1. The van der Waals surface area contributed by atoms with Crippen LogP contribution in [0.15, 0.2) is 42.5 Å². The van der Waals surface area contributed by atoms with Crippen molar-refractivity contribution in [1.29, 1.82) is 0 Å². The summed E-state index contributed by atoms with van der Waals surface area (Å²) in [6, 6.07) is 15.8. The highest BCUT2D eigenvalue weighted by atomic mass is 16.5. The first-order valence-corrected chi connectivity index (χ1v) is 8.61. The minimum Gasteiger partial charge on any atom is -0.492 e. The molecule has 1 fully saturated rings. The second-order valence-corrected chi connectivity index (χ2v) is 6.71. The predicted octanol–water partition coefficient (Wildman–Crippen LogP) is 3.21. The lowest BCUT2D eigenvalue weighted by Gasteiger charge is -2.30. The van der Waals surface area contributed by atoms with Crippen LogP contribution >= 0.6 is 0 Å². The Kier molecular flexibility index (Phi) is 4.06. The molecule has 2 aromatic carbocycles. The van der Waals surface area contributed by atoms with E-state index in [4.69, 9.17) is 10.5 Å². The summed E-state index contributed by atoms with van der Waals surface area (Å²) in [7, 11) is 0. The number of hydrogen-bond donors (Lipinski definition) is 1. The van der Waals surface area contributed by atoms with Crippen LogP contribution in [0.3, 0.4) is 0 Å². The predicted molar refractivity (Wildman–Crippen MR) is 93.6 cm³/mol. The minimum atomic E-state index is 0.390. The monoisotopic (exact) mass is 308 g/mol. The van der Waals surface area contributed by atoms with Crippen molar-refractivity contribution in [3.8, 4) is 16.9 Å². The Labute approximate surface area is 138 Å². The lowest BCUT2D eigenvalue weighted by atomic mass is 9.99. The summed E-state index contributed by atoms with van der Waals surface area (Å²) in [6.45, 7) is 4.03. The van der Waals surface area contributed by atoms with Crippen LogP contribution < -0.4 is 10.5 Å². The average molecular weight is 308 g/mol. The number of benzene rings is 2. The summed E-state index contributed by atoms with van der Waals surface area (Å²) < 4.78 is 5.86. The van der Waals surface area contributed by atoms with Gasteiger partial charge in [-0.05, 0) is 48.7 Å². The molecular weight excluding hydrogens is 284 g/mol. The van der Waals surface area contributed by atoms with E-state index in [2.05, 4.69) is 47.4 Å². The molecule has 0 saturated carbocycles. The van der Waals surface area contributed by atoms with Crippen LogP contribution in [-0.2, 0) is 13.0 Å². The van der Waals surface area contributed by atoms with Crippen LogP contribution in [0.4, 0.5) is 0 Å². The number of hydrogen-bond acceptors (Lipinski definition) is 3. The SMILES string of the molecule is NC1CCN(Cc2cccc(-c3cccc4c3OCC4)c2)CC1. The third-order valence-electron chi connectivity index (χ3n) is 4.99. The minimum absolute atomic E-state index is 0.390. The fourth-order valence-corrected chi connectivity index (χ4v) is 3.65. The van der Waals surface area contributed by atoms with Gasteiger partial charge in [-0.25, -0.2) is 0 Å². The van der Waals surface area contributed by atoms with E-state index < -0.39 is 0 Å². The molecule has 0 radical (unpaired) electrons. The molecule has 0 spiro atoms. The first-order valence-electron chi connectivity index (χ1n) is 8.61. The first kappa shape index (κ1) is 14.7. The number of likely N-dealkylation sites (tertiary alicyclic amines) is 1. The molecule has 0 aliphatic carbocycles. The summed E-state index contributed by atoms with van der Waals surface area (Å²) in [6.07, 6.45) is 3.25. The van der Waals surface area contributed by atoms with E-state index in [1.54, 1.807) is 0 Å². The first-order chi connectivity index (χ1) is 11.3. The molecule has 3 heteroatoms. The molecule has 1 saturated heterocycles. The van der Waals surface area contributed by atoms with Gasteiger partial charge >= 0.3 is 0 Å². The van der Waals surface area contributed by atoms with Crippen molar-refractivity contribution in [3.63, 3.8) is 0 Å². The Morgan fingerprint density at radius 1 is 1.09 bits per heavy atom. The number of nitrogens with two attached hydrogens (primary N) is 1. The fraction of sp³-hybridized carbons (Fsp3) is 0.400. The van der Waals surface area contributed by atoms with Crippen LogP contribution in [0.2, 0.25) is 0 Å². The van der Waals surface area contributed by atoms with E-state index in [0.717, 1.165) is 51.3 Å². The van der Waals surface area contributed by atoms with Crippen LogP contribution in [0.5, 0.6) is 5.75 Å². The van der Waals surface area contributed by atoms with Gasteiger partial charge in [0.2, 0.25) is 0 Å². The van der Waals surface area contributed by atoms with Crippen molar-refractivity contribution < 1.29 is 4.74 Å². The van der Waals surface area contributed by atoms with Gasteiger partial charge in [-0.15, -0.1) is 0 Å². The lowest BCUT2D eigenvalue weighted by molar-refractivity contribution is 0.205. The maximum absolute atomic E-state index is 6.00. The van der Waals surface area contributed by atoms with Gasteiger partial charge in [0.1, 0.15) is 5.75 Å². The highest BCUT2D eigenvalue weighted by molar-refractivity contribution is 5.73. The molecule has 2 heterocycles. The van der Waals surface area contributed by atoms with Gasteiger partial charge in [-0.1, -0.05) is 36.4 Å². The molecule has 4 rings (SSSR count). The summed E-state index contributed by atoms with van der Waals surface area (Å²) in [5.41, 5.74) is 11.2. The molecule has 0 bridgehead atoms. The van der Waals surface area contributed by atoms with Gasteiger partial charge < -0.3 is 10.5 Å². The van der Waals surface area contributed by atoms with Crippen LogP contribution in [0.1, 0.15) is 24.0 Å². The zero-order chi connectivity index (χ0) is 15.6. The standard InChI is InChI=1S/C20H24N2O/c21-18-7-10-22(11-8-18)14-15-3-1-5-17(13-15)19-6-2-4-16-9-12-23-20(16)19/h1-6,13,18H,7-12,14,21H2. The van der Waals surface area contributed by atoms with Crippen molar-refractivity contribution in [2.45, 2.75) is 31.8 Å². The normalized spacial score (nSPS) is 18.7. The second-order valence-electron chi connectivity index (χ2n) is 6.71. The van der Waals surface area contributed by atoms with Crippen molar-refractivity contribution in [2.75, 3.05) is 19.7 Å². The van der Waals surface area contributed by atoms with Gasteiger partial charge in [-0.2, -0.15) is 0 Å². The topological polar surface area (TPSA) is 38.5 Å². The molecule has 2 N–H and O–H groups in total. The number of fused-ring (bicyclic) bond motifs is 1. The van der Waals surface area contributed by atoms with Gasteiger partial charge in [0.25, 0.3) is 0 Å². The summed E-state index contributed by atoms with van der Waals surface area (Å²) in [5, 5.41) is 0. The summed E-state index contributed by atoms with van der Waals surface area (Å²) in [4.78, 5) is 2.51. The number of piperidine rings is 1. The van der Waals surface area contributed by atoms with Crippen LogP contribution in [0.25, 0.3) is 11.1 Å². The Balaban J connectivity index is 1.56. The second kappa shape index (κ2) is 6.34. The van der Waals surface area contributed by atoms with E-state index in [-0.39, 0.29) is 0 Å². The van der Waals surface area contributed by atoms with Crippen molar-refractivity contribution in [3.05, 3.63) is 53.6 Å².